The average molecular weight is 208 g/mol. The number of aliphatic hydroxyl groups excluding tert-OH is 3. The Morgan fingerprint density at radius 3 is 2.21 bits per heavy atom. The van der Waals surface area contributed by atoms with Crippen LogP contribution in [0.2, 0.25) is 0 Å². The third-order valence-electron chi connectivity index (χ3n) is 2.33. The third kappa shape index (κ3) is 2.05. The van der Waals surface area contributed by atoms with Gasteiger partial charge in [-0.1, -0.05) is 0 Å². The van der Waals surface area contributed by atoms with Gasteiger partial charge in [0.15, 0.2) is 6.29 Å². The Kier molecular flexibility index (Phi) is 4.24. The second-order valence-corrected chi connectivity index (χ2v) is 3.14. The molecule has 1 fully saturated rings. The molecule has 0 spiro atoms. The van der Waals surface area contributed by atoms with Gasteiger partial charge < -0.3 is 29.5 Å². The second-order valence-electron chi connectivity index (χ2n) is 3.14. The SMILES string of the molecule is CO[C@@H]1OC(CO)[C@H](OC)C(O)C1O. The summed E-state index contributed by atoms with van der Waals surface area (Å²) in [6.07, 6.45) is -4.68. The fraction of sp³-hybridized carbons (Fsp3) is 1.00. The molecule has 0 saturated carbocycles. The van der Waals surface area contributed by atoms with Crippen molar-refractivity contribution in [3.63, 3.8) is 0 Å². The first-order valence-corrected chi connectivity index (χ1v) is 4.33. The number of aliphatic hydroxyl groups is 3. The fourth-order valence-electron chi connectivity index (χ4n) is 1.54. The van der Waals surface area contributed by atoms with Gasteiger partial charge in [-0.2, -0.15) is 0 Å². The molecule has 0 aliphatic carbocycles. The van der Waals surface area contributed by atoms with E-state index in [1.807, 2.05) is 0 Å². The molecular weight excluding hydrogens is 192 g/mol. The van der Waals surface area contributed by atoms with Crippen LogP contribution < -0.4 is 0 Å². The Hall–Kier alpha value is -0.240. The van der Waals surface area contributed by atoms with Crippen molar-refractivity contribution in [3.05, 3.63) is 0 Å². The van der Waals surface area contributed by atoms with Crippen molar-refractivity contribution >= 4 is 0 Å². The van der Waals surface area contributed by atoms with Gasteiger partial charge in [-0.3, -0.25) is 0 Å². The maximum atomic E-state index is 9.59. The zero-order valence-electron chi connectivity index (χ0n) is 8.16. The van der Waals surface area contributed by atoms with Gasteiger partial charge in [0.2, 0.25) is 0 Å². The third-order valence-corrected chi connectivity index (χ3v) is 2.33. The van der Waals surface area contributed by atoms with Gasteiger partial charge >= 0.3 is 0 Å². The second kappa shape index (κ2) is 5.01. The molecule has 84 valence electrons. The highest BCUT2D eigenvalue weighted by molar-refractivity contribution is 4.89. The quantitative estimate of drug-likeness (QED) is 0.501. The summed E-state index contributed by atoms with van der Waals surface area (Å²) in [5.74, 6) is 0. The van der Waals surface area contributed by atoms with Gasteiger partial charge in [0.25, 0.3) is 0 Å². The number of methoxy groups -OCH3 is 2. The zero-order chi connectivity index (χ0) is 10.7. The van der Waals surface area contributed by atoms with E-state index in [4.69, 9.17) is 19.3 Å². The van der Waals surface area contributed by atoms with Crippen LogP contribution in [0.4, 0.5) is 0 Å². The van der Waals surface area contributed by atoms with Crippen molar-refractivity contribution in [1.29, 1.82) is 0 Å². The van der Waals surface area contributed by atoms with Crippen LogP contribution in [0.25, 0.3) is 0 Å². The van der Waals surface area contributed by atoms with E-state index in [0.717, 1.165) is 0 Å². The summed E-state index contributed by atoms with van der Waals surface area (Å²) in [4.78, 5) is 0. The minimum Gasteiger partial charge on any atom is -0.394 e. The zero-order valence-corrected chi connectivity index (χ0v) is 8.16. The predicted octanol–water partition coefficient (Wildman–Crippen LogP) is -1.91. The summed E-state index contributed by atoms with van der Waals surface area (Å²) in [6, 6.07) is 0. The van der Waals surface area contributed by atoms with Gasteiger partial charge in [0.05, 0.1) is 6.61 Å². The minimum absolute atomic E-state index is 0.303. The molecule has 1 rings (SSSR count). The Bertz CT molecular complexity index is 173. The molecule has 0 amide bonds. The summed E-state index contributed by atoms with van der Waals surface area (Å²) in [5, 5.41) is 28.0. The molecule has 3 unspecified atom stereocenters. The molecule has 0 aromatic rings. The summed E-state index contributed by atoms with van der Waals surface area (Å²) < 4.78 is 14.9. The van der Waals surface area contributed by atoms with Crippen LogP contribution in [0.3, 0.4) is 0 Å². The van der Waals surface area contributed by atoms with E-state index in [2.05, 4.69) is 0 Å². The lowest BCUT2D eigenvalue weighted by molar-refractivity contribution is -0.298. The Balaban J connectivity index is 2.71. The molecule has 1 aliphatic rings. The highest BCUT2D eigenvalue weighted by atomic mass is 16.7. The molecule has 0 aromatic carbocycles. The lowest BCUT2D eigenvalue weighted by Gasteiger charge is -2.40. The number of rotatable bonds is 3. The normalized spacial score (nSPS) is 43.9. The van der Waals surface area contributed by atoms with Crippen LogP contribution in [0.1, 0.15) is 0 Å². The highest BCUT2D eigenvalue weighted by Crippen LogP contribution is 2.23. The maximum Gasteiger partial charge on any atom is 0.186 e. The van der Waals surface area contributed by atoms with Gasteiger partial charge in [-0.05, 0) is 0 Å². The van der Waals surface area contributed by atoms with Crippen molar-refractivity contribution in [1.82, 2.24) is 0 Å². The van der Waals surface area contributed by atoms with Gasteiger partial charge in [0, 0.05) is 14.2 Å². The molecule has 6 heteroatoms. The molecule has 5 atom stereocenters. The van der Waals surface area contributed by atoms with E-state index in [-0.39, 0.29) is 6.61 Å². The molecule has 14 heavy (non-hydrogen) atoms. The van der Waals surface area contributed by atoms with Crippen molar-refractivity contribution in [2.24, 2.45) is 0 Å². The largest absolute Gasteiger partial charge is 0.394 e. The van der Waals surface area contributed by atoms with Crippen LogP contribution in [0, 0.1) is 0 Å². The topological polar surface area (TPSA) is 88.4 Å². The van der Waals surface area contributed by atoms with Crippen LogP contribution in [0.15, 0.2) is 0 Å². The highest BCUT2D eigenvalue weighted by Gasteiger charge is 2.44. The summed E-state index contributed by atoms with van der Waals surface area (Å²) in [6.45, 7) is -0.303. The summed E-state index contributed by atoms with van der Waals surface area (Å²) in [5.41, 5.74) is 0. The monoisotopic (exact) mass is 208 g/mol. The van der Waals surface area contributed by atoms with Gasteiger partial charge in [-0.15, -0.1) is 0 Å². The number of ether oxygens (including phenoxy) is 3. The van der Waals surface area contributed by atoms with Gasteiger partial charge in [-0.25, -0.2) is 0 Å². The molecule has 1 saturated heterocycles. The molecule has 0 bridgehead atoms. The Labute approximate surface area is 82.0 Å². The van der Waals surface area contributed by atoms with Crippen molar-refractivity contribution in [2.75, 3.05) is 20.8 Å². The van der Waals surface area contributed by atoms with Crippen molar-refractivity contribution in [3.8, 4) is 0 Å². The maximum absolute atomic E-state index is 9.59. The number of hydrogen-bond donors (Lipinski definition) is 3. The molecule has 0 radical (unpaired) electrons. The van der Waals surface area contributed by atoms with Crippen LogP contribution in [-0.4, -0.2) is 66.9 Å². The predicted molar refractivity (Wildman–Crippen MR) is 45.6 cm³/mol. The van der Waals surface area contributed by atoms with Crippen LogP contribution >= 0.6 is 0 Å². The van der Waals surface area contributed by atoms with E-state index in [0.29, 0.717) is 0 Å². The first-order valence-electron chi connectivity index (χ1n) is 4.33. The lowest BCUT2D eigenvalue weighted by atomic mass is 9.99. The fourth-order valence-corrected chi connectivity index (χ4v) is 1.54. The first kappa shape index (κ1) is 11.8. The number of hydrogen-bond acceptors (Lipinski definition) is 6. The summed E-state index contributed by atoms with van der Waals surface area (Å²) in [7, 11) is 2.72. The van der Waals surface area contributed by atoms with Crippen LogP contribution in [-0.2, 0) is 14.2 Å². The summed E-state index contributed by atoms with van der Waals surface area (Å²) >= 11 is 0. The van der Waals surface area contributed by atoms with Gasteiger partial charge in [0.1, 0.15) is 24.4 Å². The minimum atomic E-state index is -1.17. The first-order chi connectivity index (χ1) is 6.65. The van der Waals surface area contributed by atoms with Crippen molar-refractivity contribution < 1.29 is 29.5 Å². The van der Waals surface area contributed by atoms with Crippen LogP contribution in [0.5, 0.6) is 0 Å². The molecule has 1 heterocycles. The van der Waals surface area contributed by atoms with E-state index in [1.54, 1.807) is 0 Å². The van der Waals surface area contributed by atoms with E-state index in [1.165, 1.54) is 14.2 Å². The van der Waals surface area contributed by atoms with E-state index in [9.17, 15) is 10.2 Å². The Morgan fingerprint density at radius 1 is 1.14 bits per heavy atom. The average Bonchev–Trinajstić information content (AvgIpc) is 2.21. The lowest BCUT2D eigenvalue weighted by Crippen LogP contribution is -2.59. The smallest absolute Gasteiger partial charge is 0.186 e. The molecule has 6 nitrogen and oxygen atoms in total. The standard InChI is InChI=1S/C8H16O6/c1-12-7-4(3-9)14-8(13-2)6(11)5(7)10/h4-11H,3H2,1-2H3/t4?,5?,6?,7-,8+/m0/s1. The molecular formula is C8H16O6. The van der Waals surface area contributed by atoms with Crippen molar-refractivity contribution in [2.45, 2.75) is 30.7 Å². The molecule has 3 N–H and O–H groups in total. The van der Waals surface area contributed by atoms with E-state index >= 15 is 0 Å². The molecule has 1 aliphatic heterocycles. The van der Waals surface area contributed by atoms with E-state index < -0.39 is 30.7 Å². The Morgan fingerprint density at radius 2 is 1.79 bits per heavy atom. The molecule has 0 aromatic heterocycles.